The molecule has 8 heteroatoms. The minimum atomic E-state index is -1.02. The summed E-state index contributed by atoms with van der Waals surface area (Å²) in [6.45, 7) is 1.43. The van der Waals surface area contributed by atoms with Gasteiger partial charge in [0.25, 0.3) is 5.91 Å². The van der Waals surface area contributed by atoms with Crippen molar-refractivity contribution in [3.8, 4) is 0 Å². The third-order valence-electron chi connectivity index (χ3n) is 3.20. The second kappa shape index (κ2) is 8.94. The zero-order chi connectivity index (χ0) is 17.5. The van der Waals surface area contributed by atoms with Gasteiger partial charge in [-0.3, -0.25) is 14.9 Å². The molecule has 2 rings (SSSR count). The molecule has 1 aromatic carbocycles. The smallest absolute Gasteiger partial charge is 0.321 e. The SMILES string of the molecule is C[C@H](OC(=O)CSCc1cccc(Cl)c1)C(=O)NC(=O)NC1CC1. The lowest BCUT2D eigenvalue weighted by atomic mass is 10.2. The molecule has 0 spiro atoms. The molecule has 130 valence electrons. The number of halogens is 1. The fraction of sp³-hybridized carbons (Fsp3) is 0.438. The van der Waals surface area contributed by atoms with Crippen molar-refractivity contribution in [2.24, 2.45) is 0 Å². The summed E-state index contributed by atoms with van der Waals surface area (Å²) in [4.78, 5) is 34.9. The predicted octanol–water partition coefficient (Wildman–Crippen LogP) is 2.49. The Morgan fingerprint density at radius 1 is 1.38 bits per heavy atom. The van der Waals surface area contributed by atoms with Crippen LogP contribution in [0.1, 0.15) is 25.3 Å². The first-order valence-electron chi connectivity index (χ1n) is 7.57. The number of hydrogen-bond acceptors (Lipinski definition) is 5. The van der Waals surface area contributed by atoms with Crippen LogP contribution in [0.4, 0.5) is 4.79 Å². The number of amides is 3. The summed E-state index contributed by atoms with van der Waals surface area (Å²) in [7, 11) is 0. The van der Waals surface area contributed by atoms with Crippen molar-refractivity contribution < 1.29 is 19.1 Å². The predicted molar refractivity (Wildman–Crippen MR) is 92.9 cm³/mol. The first-order chi connectivity index (χ1) is 11.4. The van der Waals surface area contributed by atoms with Gasteiger partial charge < -0.3 is 10.1 Å². The first-order valence-corrected chi connectivity index (χ1v) is 9.10. The Morgan fingerprint density at radius 3 is 2.79 bits per heavy atom. The van der Waals surface area contributed by atoms with Crippen LogP contribution in [-0.4, -0.2) is 35.8 Å². The van der Waals surface area contributed by atoms with E-state index in [4.69, 9.17) is 16.3 Å². The highest BCUT2D eigenvalue weighted by Gasteiger charge is 2.25. The van der Waals surface area contributed by atoms with E-state index in [1.54, 1.807) is 6.07 Å². The topological polar surface area (TPSA) is 84.5 Å². The molecule has 0 unspecified atom stereocenters. The Kier molecular flexibility index (Phi) is 6.93. The third kappa shape index (κ3) is 6.80. The van der Waals surface area contributed by atoms with Gasteiger partial charge in [0.2, 0.25) is 0 Å². The summed E-state index contributed by atoms with van der Waals surface area (Å²) < 4.78 is 5.02. The summed E-state index contributed by atoms with van der Waals surface area (Å²) in [6, 6.07) is 6.96. The van der Waals surface area contributed by atoms with E-state index >= 15 is 0 Å². The van der Waals surface area contributed by atoms with Gasteiger partial charge in [-0.1, -0.05) is 23.7 Å². The number of hydrogen-bond donors (Lipinski definition) is 2. The van der Waals surface area contributed by atoms with Crippen LogP contribution in [0, 0.1) is 0 Å². The maximum Gasteiger partial charge on any atom is 0.321 e. The van der Waals surface area contributed by atoms with Gasteiger partial charge in [0.1, 0.15) is 0 Å². The van der Waals surface area contributed by atoms with E-state index in [2.05, 4.69) is 10.6 Å². The van der Waals surface area contributed by atoms with Crippen molar-refractivity contribution in [2.45, 2.75) is 37.7 Å². The lowest BCUT2D eigenvalue weighted by Gasteiger charge is -2.13. The van der Waals surface area contributed by atoms with Crippen molar-refractivity contribution in [1.29, 1.82) is 0 Å². The normalized spacial score (nSPS) is 14.6. The Balaban J connectivity index is 1.65. The van der Waals surface area contributed by atoms with Crippen LogP contribution in [0.2, 0.25) is 5.02 Å². The Hall–Kier alpha value is -1.73. The Labute approximate surface area is 149 Å². The number of esters is 1. The highest BCUT2D eigenvalue weighted by molar-refractivity contribution is 7.99. The number of carbonyl (C=O) groups excluding carboxylic acids is 3. The van der Waals surface area contributed by atoms with E-state index in [1.807, 2.05) is 18.2 Å². The molecule has 6 nitrogen and oxygen atoms in total. The number of urea groups is 1. The zero-order valence-corrected chi connectivity index (χ0v) is 14.8. The third-order valence-corrected chi connectivity index (χ3v) is 4.42. The number of imide groups is 1. The van der Waals surface area contributed by atoms with E-state index < -0.39 is 24.0 Å². The van der Waals surface area contributed by atoms with E-state index in [9.17, 15) is 14.4 Å². The van der Waals surface area contributed by atoms with Crippen molar-refractivity contribution in [3.05, 3.63) is 34.9 Å². The highest BCUT2D eigenvalue weighted by atomic mass is 35.5. The second-order valence-electron chi connectivity index (χ2n) is 5.49. The molecule has 0 heterocycles. The van der Waals surface area contributed by atoms with Crippen LogP contribution in [0.3, 0.4) is 0 Å². The summed E-state index contributed by atoms with van der Waals surface area (Å²) in [6.07, 6.45) is 0.834. The van der Waals surface area contributed by atoms with Gasteiger partial charge in [0.05, 0.1) is 5.75 Å². The standard InChI is InChI=1S/C16H19ClN2O4S/c1-10(15(21)19-16(22)18-13-5-6-13)23-14(20)9-24-8-11-3-2-4-12(17)7-11/h2-4,7,10,13H,5-6,8-9H2,1H3,(H2,18,19,21,22)/t10-/m0/s1. The molecule has 1 fully saturated rings. The summed E-state index contributed by atoms with van der Waals surface area (Å²) in [5, 5.41) is 5.42. The molecule has 3 amide bonds. The Bertz CT molecular complexity index is 622. The second-order valence-corrected chi connectivity index (χ2v) is 6.91. The molecule has 1 aliphatic carbocycles. The highest BCUT2D eigenvalue weighted by Crippen LogP contribution is 2.18. The summed E-state index contributed by atoms with van der Waals surface area (Å²) in [5.74, 6) is -0.424. The molecular formula is C16H19ClN2O4S. The lowest BCUT2D eigenvalue weighted by Crippen LogP contribution is -2.45. The molecule has 0 aliphatic heterocycles. The number of ether oxygens (including phenoxy) is 1. The van der Waals surface area contributed by atoms with E-state index in [1.165, 1.54) is 18.7 Å². The van der Waals surface area contributed by atoms with Crippen molar-refractivity contribution in [2.75, 3.05) is 5.75 Å². The first kappa shape index (κ1) is 18.6. The summed E-state index contributed by atoms with van der Waals surface area (Å²) in [5.41, 5.74) is 1.00. The Morgan fingerprint density at radius 2 is 2.12 bits per heavy atom. The van der Waals surface area contributed by atoms with E-state index in [0.29, 0.717) is 10.8 Å². The molecule has 0 aromatic heterocycles. The monoisotopic (exact) mass is 370 g/mol. The van der Waals surface area contributed by atoms with Crippen LogP contribution in [-0.2, 0) is 20.1 Å². The quantitative estimate of drug-likeness (QED) is 0.720. The van der Waals surface area contributed by atoms with Gasteiger partial charge >= 0.3 is 12.0 Å². The largest absolute Gasteiger partial charge is 0.452 e. The van der Waals surface area contributed by atoms with Gasteiger partial charge in [-0.2, -0.15) is 0 Å². The van der Waals surface area contributed by atoms with Crippen molar-refractivity contribution >= 4 is 41.3 Å². The lowest BCUT2D eigenvalue weighted by molar-refractivity contribution is -0.151. The number of carbonyl (C=O) groups is 3. The molecule has 0 bridgehead atoms. The van der Waals surface area contributed by atoms with Crippen LogP contribution in [0.5, 0.6) is 0 Å². The van der Waals surface area contributed by atoms with Crippen molar-refractivity contribution in [1.82, 2.24) is 10.6 Å². The van der Waals surface area contributed by atoms with Gasteiger partial charge in [-0.25, -0.2) is 4.79 Å². The van der Waals surface area contributed by atoms with E-state index in [0.717, 1.165) is 18.4 Å². The summed E-state index contributed by atoms with van der Waals surface area (Å²) >= 11 is 7.25. The number of benzene rings is 1. The molecule has 0 radical (unpaired) electrons. The number of thioether (sulfide) groups is 1. The molecule has 2 N–H and O–H groups in total. The number of nitrogens with one attached hydrogen (secondary N) is 2. The van der Waals surface area contributed by atoms with Gasteiger partial charge in [0.15, 0.2) is 6.10 Å². The van der Waals surface area contributed by atoms with Crippen LogP contribution < -0.4 is 10.6 Å². The van der Waals surface area contributed by atoms with Crippen LogP contribution >= 0.6 is 23.4 Å². The van der Waals surface area contributed by atoms with Crippen LogP contribution in [0.15, 0.2) is 24.3 Å². The van der Waals surface area contributed by atoms with Gasteiger partial charge in [0, 0.05) is 16.8 Å². The van der Waals surface area contributed by atoms with Crippen LogP contribution in [0.25, 0.3) is 0 Å². The maximum absolute atomic E-state index is 11.8. The molecule has 1 saturated carbocycles. The molecule has 0 saturated heterocycles. The van der Waals surface area contributed by atoms with Gasteiger partial charge in [-0.05, 0) is 37.5 Å². The molecule has 1 atom stereocenters. The number of rotatable bonds is 7. The minimum Gasteiger partial charge on any atom is -0.452 e. The fourth-order valence-electron chi connectivity index (χ4n) is 1.83. The molecule has 1 aromatic rings. The zero-order valence-electron chi connectivity index (χ0n) is 13.2. The van der Waals surface area contributed by atoms with Gasteiger partial charge in [-0.15, -0.1) is 11.8 Å². The minimum absolute atomic E-state index is 0.110. The maximum atomic E-state index is 11.8. The fourth-order valence-corrected chi connectivity index (χ4v) is 2.79. The average Bonchev–Trinajstić information content (AvgIpc) is 3.30. The molecule has 24 heavy (non-hydrogen) atoms. The van der Waals surface area contributed by atoms with Crippen molar-refractivity contribution in [3.63, 3.8) is 0 Å². The molecular weight excluding hydrogens is 352 g/mol. The average molecular weight is 371 g/mol. The van der Waals surface area contributed by atoms with E-state index in [-0.39, 0.29) is 11.8 Å². The molecule has 1 aliphatic rings.